The molecule has 0 aliphatic carbocycles. The summed E-state index contributed by atoms with van der Waals surface area (Å²) in [7, 11) is 0. The molecule has 8 heteroatoms. The van der Waals surface area contributed by atoms with Crippen molar-refractivity contribution >= 4 is 51.6 Å². The summed E-state index contributed by atoms with van der Waals surface area (Å²) in [6.45, 7) is 0.674. The summed E-state index contributed by atoms with van der Waals surface area (Å²) in [5.41, 5.74) is 2.27. The number of nitrogens with zero attached hydrogens (tertiary/aromatic N) is 2. The standard InChI is InChI=1S/C19H20N4OS3/c24-17(20-11-12-25-13-15-7-3-1-4-8-15)14-26-19-23-22-18(27-19)21-16-9-5-2-6-10-16/h1-10H,11-14H2,(H,20,24)(H,21,22). The number of hydrogen-bond acceptors (Lipinski definition) is 7. The van der Waals surface area contributed by atoms with E-state index in [0.29, 0.717) is 12.3 Å². The lowest BCUT2D eigenvalue weighted by atomic mass is 10.2. The Bertz CT molecular complexity index is 827. The zero-order valence-corrected chi connectivity index (χ0v) is 17.1. The predicted molar refractivity (Wildman–Crippen MR) is 116 cm³/mol. The van der Waals surface area contributed by atoms with Crippen LogP contribution in [0.5, 0.6) is 0 Å². The monoisotopic (exact) mass is 416 g/mol. The highest BCUT2D eigenvalue weighted by Gasteiger charge is 2.08. The minimum absolute atomic E-state index is 0.0214. The molecule has 3 aromatic rings. The van der Waals surface area contributed by atoms with Crippen LogP contribution in [0.3, 0.4) is 0 Å². The van der Waals surface area contributed by atoms with Gasteiger partial charge >= 0.3 is 0 Å². The molecule has 5 nitrogen and oxygen atoms in total. The second-order valence-corrected chi connectivity index (χ2v) is 8.85. The van der Waals surface area contributed by atoms with Crippen LogP contribution in [0, 0.1) is 0 Å². The Morgan fingerprint density at radius 2 is 1.74 bits per heavy atom. The summed E-state index contributed by atoms with van der Waals surface area (Å²) in [5, 5.41) is 15.1. The molecule has 0 saturated carbocycles. The topological polar surface area (TPSA) is 66.9 Å². The van der Waals surface area contributed by atoms with E-state index in [-0.39, 0.29) is 5.91 Å². The van der Waals surface area contributed by atoms with Gasteiger partial charge in [0.1, 0.15) is 0 Å². The highest BCUT2D eigenvalue weighted by atomic mass is 32.2. The first-order valence-electron chi connectivity index (χ1n) is 8.46. The number of anilines is 2. The van der Waals surface area contributed by atoms with Gasteiger partial charge < -0.3 is 10.6 Å². The molecule has 0 spiro atoms. The summed E-state index contributed by atoms with van der Waals surface area (Å²) in [5.74, 6) is 2.24. The van der Waals surface area contributed by atoms with Crippen LogP contribution in [-0.2, 0) is 10.5 Å². The van der Waals surface area contributed by atoms with Crippen molar-refractivity contribution < 1.29 is 4.79 Å². The minimum Gasteiger partial charge on any atom is -0.355 e. The maximum absolute atomic E-state index is 11.9. The van der Waals surface area contributed by atoms with E-state index in [1.165, 1.54) is 28.7 Å². The number of para-hydroxylation sites is 1. The Morgan fingerprint density at radius 1 is 1.00 bits per heavy atom. The van der Waals surface area contributed by atoms with Crippen molar-refractivity contribution in [2.24, 2.45) is 0 Å². The number of benzene rings is 2. The molecular weight excluding hydrogens is 396 g/mol. The lowest BCUT2D eigenvalue weighted by molar-refractivity contribution is -0.118. The van der Waals surface area contributed by atoms with Crippen molar-refractivity contribution in [3.63, 3.8) is 0 Å². The molecule has 2 N–H and O–H groups in total. The van der Waals surface area contributed by atoms with E-state index in [1.807, 2.05) is 60.3 Å². The van der Waals surface area contributed by atoms with E-state index in [1.54, 1.807) is 0 Å². The molecule has 0 fully saturated rings. The van der Waals surface area contributed by atoms with Crippen molar-refractivity contribution in [3.05, 3.63) is 66.2 Å². The van der Waals surface area contributed by atoms with Crippen LogP contribution < -0.4 is 10.6 Å². The molecule has 2 aromatic carbocycles. The van der Waals surface area contributed by atoms with Crippen LogP contribution in [0.15, 0.2) is 65.0 Å². The van der Waals surface area contributed by atoms with Gasteiger partial charge in [0.2, 0.25) is 11.0 Å². The molecule has 140 valence electrons. The Balaban J connectivity index is 1.30. The fourth-order valence-corrected chi connectivity index (χ4v) is 4.59. The van der Waals surface area contributed by atoms with Gasteiger partial charge in [-0.1, -0.05) is 71.6 Å². The molecule has 0 atom stereocenters. The predicted octanol–water partition coefficient (Wildman–Crippen LogP) is 4.42. The second kappa shape index (κ2) is 11.0. The van der Waals surface area contributed by atoms with Gasteiger partial charge in [0, 0.05) is 23.7 Å². The van der Waals surface area contributed by atoms with Gasteiger partial charge in [-0.25, -0.2) is 0 Å². The van der Waals surface area contributed by atoms with Crippen LogP contribution >= 0.6 is 34.9 Å². The van der Waals surface area contributed by atoms with Crippen molar-refractivity contribution in [2.75, 3.05) is 23.4 Å². The lowest BCUT2D eigenvalue weighted by Gasteiger charge is -2.04. The molecule has 0 aliphatic heterocycles. The Hall–Kier alpha value is -2.03. The van der Waals surface area contributed by atoms with Gasteiger partial charge in [-0.3, -0.25) is 4.79 Å². The number of amides is 1. The van der Waals surface area contributed by atoms with Gasteiger partial charge in [-0.2, -0.15) is 11.8 Å². The number of nitrogens with one attached hydrogen (secondary N) is 2. The number of aromatic nitrogens is 2. The van der Waals surface area contributed by atoms with Gasteiger partial charge in [-0.05, 0) is 17.7 Å². The molecule has 0 bridgehead atoms. The van der Waals surface area contributed by atoms with Crippen molar-refractivity contribution in [2.45, 2.75) is 10.1 Å². The van der Waals surface area contributed by atoms with Crippen molar-refractivity contribution in [1.29, 1.82) is 0 Å². The molecule has 1 amide bonds. The third-order valence-electron chi connectivity index (χ3n) is 3.44. The van der Waals surface area contributed by atoms with Crippen LogP contribution in [-0.4, -0.2) is 34.2 Å². The molecule has 0 saturated heterocycles. The van der Waals surface area contributed by atoms with Crippen LogP contribution in [0.1, 0.15) is 5.56 Å². The summed E-state index contributed by atoms with van der Waals surface area (Å²) in [6, 6.07) is 20.2. The largest absolute Gasteiger partial charge is 0.355 e. The van der Waals surface area contributed by atoms with E-state index in [9.17, 15) is 4.79 Å². The third-order valence-corrected chi connectivity index (χ3v) is 6.44. The first kappa shape index (κ1) is 19.7. The number of thioether (sulfide) groups is 2. The van der Waals surface area contributed by atoms with Crippen molar-refractivity contribution in [1.82, 2.24) is 15.5 Å². The Labute approximate surface area is 171 Å². The minimum atomic E-state index is 0.0214. The Kier molecular flexibility index (Phi) is 8.01. The van der Waals surface area contributed by atoms with Gasteiger partial charge in [0.25, 0.3) is 0 Å². The Morgan fingerprint density at radius 3 is 2.52 bits per heavy atom. The average molecular weight is 417 g/mol. The normalized spacial score (nSPS) is 10.5. The molecule has 1 aromatic heterocycles. The summed E-state index contributed by atoms with van der Waals surface area (Å²) in [4.78, 5) is 11.9. The van der Waals surface area contributed by atoms with Crippen LogP contribution in [0.25, 0.3) is 0 Å². The lowest BCUT2D eigenvalue weighted by Crippen LogP contribution is -2.27. The molecule has 0 aliphatic rings. The number of rotatable bonds is 10. The quantitative estimate of drug-likeness (QED) is 0.377. The SMILES string of the molecule is O=C(CSc1nnc(Nc2ccccc2)s1)NCCSCc1ccccc1. The molecule has 3 rings (SSSR count). The smallest absolute Gasteiger partial charge is 0.230 e. The number of carbonyl (C=O) groups is 1. The van der Waals surface area contributed by atoms with E-state index in [4.69, 9.17) is 0 Å². The maximum Gasteiger partial charge on any atom is 0.230 e. The van der Waals surface area contributed by atoms with E-state index >= 15 is 0 Å². The fourth-order valence-electron chi connectivity index (χ4n) is 2.17. The maximum atomic E-state index is 11.9. The average Bonchev–Trinajstić information content (AvgIpc) is 3.15. The zero-order valence-electron chi connectivity index (χ0n) is 14.6. The summed E-state index contributed by atoms with van der Waals surface area (Å²) < 4.78 is 0.780. The van der Waals surface area contributed by atoms with E-state index < -0.39 is 0 Å². The molecule has 0 unspecified atom stereocenters. The number of carbonyl (C=O) groups excluding carboxylic acids is 1. The highest BCUT2D eigenvalue weighted by Crippen LogP contribution is 2.27. The van der Waals surface area contributed by atoms with Crippen molar-refractivity contribution in [3.8, 4) is 0 Å². The highest BCUT2D eigenvalue weighted by molar-refractivity contribution is 8.01. The summed E-state index contributed by atoms with van der Waals surface area (Å²) in [6.07, 6.45) is 0. The van der Waals surface area contributed by atoms with E-state index in [0.717, 1.165) is 26.7 Å². The molecule has 1 heterocycles. The van der Waals surface area contributed by atoms with Gasteiger partial charge in [0.05, 0.1) is 5.75 Å². The fraction of sp³-hybridized carbons (Fsp3) is 0.211. The third kappa shape index (κ3) is 7.24. The first-order valence-corrected chi connectivity index (χ1v) is 11.4. The first-order chi connectivity index (χ1) is 13.3. The van der Waals surface area contributed by atoms with E-state index in [2.05, 4.69) is 33.0 Å². The van der Waals surface area contributed by atoms with Gasteiger partial charge in [-0.15, -0.1) is 10.2 Å². The molecule has 0 radical (unpaired) electrons. The molecular formula is C19H20N4OS3. The number of hydrogen-bond donors (Lipinski definition) is 2. The van der Waals surface area contributed by atoms with Gasteiger partial charge in [0.15, 0.2) is 4.34 Å². The molecule has 27 heavy (non-hydrogen) atoms. The second-order valence-electron chi connectivity index (χ2n) is 5.54. The summed E-state index contributed by atoms with van der Waals surface area (Å²) >= 11 is 4.67. The zero-order chi connectivity index (χ0) is 18.7. The van der Waals surface area contributed by atoms with Crippen LogP contribution in [0.2, 0.25) is 0 Å². The van der Waals surface area contributed by atoms with Crippen LogP contribution in [0.4, 0.5) is 10.8 Å².